The molecule has 0 spiro atoms. The molecule has 0 N–H and O–H groups in total. The van der Waals surface area contributed by atoms with Crippen molar-refractivity contribution >= 4 is 54.5 Å². The zero-order valence-electron chi connectivity index (χ0n) is 28.3. The minimum atomic E-state index is -0.104. The zero-order valence-corrected chi connectivity index (χ0v) is 28.3. The SMILES string of the molecule is CC1(C)c2ccccc2-c2ccc3c(c21)c1ccccc1n3-c1ccc2oc3ccc(-c4ccc5c6c(cccc46)-c4ccccc4-5)cc3c2c1. The Hall–Kier alpha value is -6.38. The lowest BCUT2D eigenvalue weighted by molar-refractivity contribution is 0.666. The monoisotopic (exact) mass is 649 g/mol. The summed E-state index contributed by atoms with van der Waals surface area (Å²) in [7, 11) is 0. The zero-order chi connectivity index (χ0) is 33.6. The molecule has 0 unspecified atom stereocenters. The lowest BCUT2D eigenvalue weighted by Gasteiger charge is -2.22. The molecule has 0 radical (unpaired) electrons. The fraction of sp³-hybridized carbons (Fsp3) is 0.0612. The Balaban J connectivity index is 1.07. The Morgan fingerprint density at radius 3 is 1.94 bits per heavy atom. The van der Waals surface area contributed by atoms with Crippen molar-refractivity contribution in [2.75, 3.05) is 0 Å². The summed E-state index contributed by atoms with van der Waals surface area (Å²) in [6, 6.07) is 56.0. The minimum Gasteiger partial charge on any atom is -0.456 e. The number of para-hydroxylation sites is 1. The lowest BCUT2D eigenvalue weighted by atomic mass is 9.80. The van der Waals surface area contributed by atoms with E-state index in [9.17, 15) is 0 Å². The van der Waals surface area contributed by atoms with E-state index in [0.29, 0.717) is 0 Å². The third kappa shape index (κ3) is 3.42. The van der Waals surface area contributed by atoms with Crippen LogP contribution in [0.15, 0.2) is 156 Å². The normalized spacial score (nSPS) is 13.8. The van der Waals surface area contributed by atoms with Crippen LogP contribution in [-0.2, 0) is 5.41 Å². The van der Waals surface area contributed by atoms with Gasteiger partial charge in [-0.05, 0) is 109 Å². The summed E-state index contributed by atoms with van der Waals surface area (Å²) in [5, 5.41) is 7.53. The van der Waals surface area contributed by atoms with Gasteiger partial charge < -0.3 is 8.98 Å². The first-order valence-corrected chi connectivity index (χ1v) is 17.9. The first-order chi connectivity index (χ1) is 25.1. The van der Waals surface area contributed by atoms with Crippen molar-refractivity contribution in [3.05, 3.63) is 163 Å². The van der Waals surface area contributed by atoms with Gasteiger partial charge >= 0.3 is 0 Å². The molecule has 238 valence electrons. The molecule has 0 amide bonds. The summed E-state index contributed by atoms with van der Waals surface area (Å²) in [5.74, 6) is 0. The van der Waals surface area contributed by atoms with E-state index in [0.717, 1.165) is 27.6 Å². The smallest absolute Gasteiger partial charge is 0.135 e. The van der Waals surface area contributed by atoms with Gasteiger partial charge in [0.2, 0.25) is 0 Å². The van der Waals surface area contributed by atoms with E-state index in [1.807, 2.05) is 0 Å². The van der Waals surface area contributed by atoms with Crippen molar-refractivity contribution < 1.29 is 4.42 Å². The van der Waals surface area contributed by atoms with Crippen LogP contribution in [0.1, 0.15) is 25.0 Å². The number of furan rings is 1. The number of fused-ring (bicyclic) bond motifs is 13. The van der Waals surface area contributed by atoms with Gasteiger partial charge in [-0.1, -0.05) is 123 Å². The molecule has 0 saturated carbocycles. The Labute approximate surface area is 294 Å². The highest BCUT2D eigenvalue weighted by Gasteiger charge is 2.38. The maximum atomic E-state index is 6.48. The number of hydrogen-bond donors (Lipinski definition) is 0. The van der Waals surface area contributed by atoms with Crippen molar-refractivity contribution in [2.24, 2.45) is 0 Å². The number of aromatic nitrogens is 1. The molecule has 2 heterocycles. The molecule has 10 aromatic rings. The number of hydrogen-bond acceptors (Lipinski definition) is 1. The lowest BCUT2D eigenvalue weighted by Crippen LogP contribution is -2.15. The van der Waals surface area contributed by atoms with Crippen LogP contribution in [0.5, 0.6) is 0 Å². The van der Waals surface area contributed by atoms with Crippen LogP contribution in [0.4, 0.5) is 0 Å². The van der Waals surface area contributed by atoms with Gasteiger partial charge in [-0.3, -0.25) is 0 Å². The Morgan fingerprint density at radius 2 is 1.08 bits per heavy atom. The quantitative estimate of drug-likeness (QED) is 0.182. The van der Waals surface area contributed by atoms with Crippen molar-refractivity contribution in [3.63, 3.8) is 0 Å². The molecule has 51 heavy (non-hydrogen) atoms. The molecule has 0 atom stereocenters. The molecule has 0 aliphatic heterocycles. The van der Waals surface area contributed by atoms with Crippen LogP contribution in [0, 0.1) is 0 Å². The fourth-order valence-corrected chi connectivity index (χ4v) is 9.74. The van der Waals surface area contributed by atoms with Gasteiger partial charge in [0, 0.05) is 32.6 Å². The topological polar surface area (TPSA) is 18.1 Å². The Kier molecular flexibility index (Phi) is 5.08. The summed E-state index contributed by atoms with van der Waals surface area (Å²) in [4.78, 5) is 0. The van der Waals surface area contributed by atoms with E-state index in [2.05, 4.69) is 170 Å². The van der Waals surface area contributed by atoms with Gasteiger partial charge in [0.15, 0.2) is 0 Å². The molecule has 2 aliphatic rings. The predicted molar refractivity (Wildman–Crippen MR) is 213 cm³/mol. The van der Waals surface area contributed by atoms with Crippen LogP contribution < -0.4 is 0 Å². The third-order valence-electron chi connectivity index (χ3n) is 11.9. The van der Waals surface area contributed by atoms with Crippen LogP contribution >= 0.6 is 0 Å². The van der Waals surface area contributed by atoms with Crippen molar-refractivity contribution in [1.29, 1.82) is 0 Å². The number of benzene rings is 8. The first kappa shape index (κ1) is 27.4. The molecule has 8 aromatic carbocycles. The summed E-state index contributed by atoms with van der Waals surface area (Å²) >= 11 is 0. The molecule has 0 bridgehead atoms. The number of rotatable bonds is 2. The summed E-state index contributed by atoms with van der Waals surface area (Å²) in [6.45, 7) is 4.76. The molecule has 12 rings (SSSR count). The van der Waals surface area contributed by atoms with E-state index in [1.165, 1.54) is 88.2 Å². The molecular weight excluding hydrogens is 619 g/mol. The van der Waals surface area contributed by atoms with E-state index >= 15 is 0 Å². The Bertz CT molecular complexity index is 3140. The maximum absolute atomic E-state index is 6.48. The van der Waals surface area contributed by atoms with Crippen molar-refractivity contribution in [3.8, 4) is 50.2 Å². The fourth-order valence-electron chi connectivity index (χ4n) is 9.74. The molecule has 2 aromatic heterocycles. The predicted octanol–water partition coefficient (Wildman–Crippen LogP) is 13.5. The first-order valence-electron chi connectivity index (χ1n) is 17.9. The molecule has 0 fully saturated rings. The van der Waals surface area contributed by atoms with Crippen LogP contribution in [0.2, 0.25) is 0 Å². The Morgan fingerprint density at radius 1 is 0.431 bits per heavy atom. The van der Waals surface area contributed by atoms with E-state index in [1.54, 1.807) is 0 Å². The molecule has 2 heteroatoms. The average Bonchev–Trinajstić information content (AvgIpc) is 3.88. The molecule has 2 aliphatic carbocycles. The van der Waals surface area contributed by atoms with Gasteiger partial charge in [0.05, 0.1) is 11.0 Å². The van der Waals surface area contributed by atoms with Crippen molar-refractivity contribution in [2.45, 2.75) is 19.3 Å². The molecule has 2 nitrogen and oxygen atoms in total. The molecular formula is C49H31NO. The summed E-state index contributed by atoms with van der Waals surface area (Å²) in [6.07, 6.45) is 0. The van der Waals surface area contributed by atoms with Crippen molar-refractivity contribution in [1.82, 2.24) is 4.57 Å². The maximum Gasteiger partial charge on any atom is 0.135 e. The van der Waals surface area contributed by atoms with Crippen LogP contribution in [-0.4, -0.2) is 4.57 Å². The third-order valence-corrected chi connectivity index (χ3v) is 11.9. The second-order valence-corrected chi connectivity index (χ2v) is 14.8. The second-order valence-electron chi connectivity index (χ2n) is 14.8. The second kappa shape index (κ2) is 9.44. The minimum absolute atomic E-state index is 0.104. The van der Waals surface area contributed by atoms with Crippen LogP contribution in [0.3, 0.4) is 0 Å². The van der Waals surface area contributed by atoms with Gasteiger partial charge in [0.25, 0.3) is 0 Å². The summed E-state index contributed by atoms with van der Waals surface area (Å²) in [5.41, 5.74) is 18.5. The highest BCUT2D eigenvalue weighted by Crippen LogP contribution is 2.54. The van der Waals surface area contributed by atoms with Gasteiger partial charge in [-0.15, -0.1) is 0 Å². The van der Waals surface area contributed by atoms with Gasteiger partial charge in [-0.25, -0.2) is 0 Å². The highest BCUT2D eigenvalue weighted by molar-refractivity contribution is 6.19. The summed E-state index contributed by atoms with van der Waals surface area (Å²) < 4.78 is 8.93. The number of nitrogens with zero attached hydrogens (tertiary/aromatic N) is 1. The standard InChI is InChI=1S/C49H31NO/c1-49(2)41-16-7-5-12-33(41)37-22-23-43-47(48(37)49)38-13-6-8-17-42(38)50(43)29-19-25-45-40(27-29)39-26-28(18-24-44(39)51-45)30-20-21-36-32-11-4-3-10-31(32)35-15-9-14-34(30)46(35)36/h3-27H,1-2H3. The molecule has 0 saturated heterocycles. The highest BCUT2D eigenvalue weighted by atomic mass is 16.3. The van der Waals surface area contributed by atoms with Gasteiger partial charge in [-0.2, -0.15) is 0 Å². The van der Waals surface area contributed by atoms with Crippen LogP contribution in [0.25, 0.3) is 105 Å². The van der Waals surface area contributed by atoms with E-state index < -0.39 is 0 Å². The van der Waals surface area contributed by atoms with Gasteiger partial charge in [0.1, 0.15) is 11.2 Å². The average molecular weight is 650 g/mol. The van der Waals surface area contributed by atoms with E-state index in [-0.39, 0.29) is 5.41 Å². The largest absolute Gasteiger partial charge is 0.456 e. The van der Waals surface area contributed by atoms with E-state index in [4.69, 9.17) is 4.42 Å².